The topological polar surface area (TPSA) is 56.3 Å². The molecule has 0 aliphatic rings. The molecule has 0 unspecified atom stereocenters. The number of ether oxygens (including phenoxy) is 2. The fraction of sp³-hybridized carbons (Fsp3) is 0.176. The number of hydrogen-bond acceptors (Lipinski definition) is 6. The Balaban J connectivity index is 2.06. The SMILES string of the molecule is COc1cc2ncnc(Nc3cccc(SC)c3)c2cc1OC. The van der Waals surface area contributed by atoms with Crippen molar-refractivity contribution in [1.29, 1.82) is 0 Å². The van der Waals surface area contributed by atoms with Gasteiger partial charge in [-0.1, -0.05) is 6.07 Å². The summed E-state index contributed by atoms with van der Waals surface area (Å²) in [6, 6.07) is 11.9. The van der Waals surface area contributed by atoms with Crippen LogP contribution in [0.5, 0.6) is 11.5 Å². The molecule has 0 radical (unpaired) electrons. The summed E-state index contributed by atoms with van der Waals surface area (Å²) >= 11 is 1.70. The molecule has 1 N–H and O–H groups in total. The van der Waals surface area contributed by atoms with E-state index in [-0.39, 0.29) is 0 Å². The van der Waals surface area contributed by atoms with Gasteiger partial charge in [-0.2, -0.15) is 0 Å². The van der Waals surface area contributed by atoms with Gasteiger partial charge in [0.05, 0.1) is 19.7 Å². The molecule has 118 valence electrons. The molecule has 0 amide bonds. The van der Waals surface area contributed by atoms with Gasteiger partial charge in [-0.25, -0.2) is 9.97 Å². The molecule has 0 spiro atoms. The molecule has 6 heteroatoms. The predicted octanol–water partition coefficient (Wildman–Crippen LogP) is 4.11. The molecule has 0 saturated heterocycles. The Hall–Kier alpha value is -2.47. The third kappa shape index (κ3) is 3.17. The number of methoxy groups -OCH3 is 2. The van der Waals surface area contributed by atoms with Gasteiger partial charge in [0.2, 0.25) is 0 Å². The first-order valence-corrected chi connectivity index (χ1v) is 8.25. The van der Waals surface area contributed by atoms with Crippen molar-refractivity contribution in [2.24, 2.45) is 0 Å². The lowest BCUT2D eigenvalue weighted by Gasteiger charge is -2.12. The van der Waals surface area contributed by atoms with Crippen LogP contribution in [0.3, 0.4) is 0 Å². The van der Waals surface area contributed by atoms with E-state index < -0.39 is 0 Å². The van der Waals surface area contributed by atoms with Gasteiger partial charge in [-0.3, -0.25) is 0 Å². The Bertz CT molecular complexity index is 839. The van der Waals surface area contributed by atoms with Gasteiger partial charge in [0.25, 0.3) is 0 Å². The predicted molar refractivity (Wildman–Crippen MR) is 94.1 cm³/mol. The lowest BCUT2D eigenvalue weighted by atomic mass is 10.2. The summed E-state index contributed by atoms with van der Waals surface area (Å²) in [5, 5.41) is 4.22. The van der Waals surface area contributed by atoms with Crippen LogP contribution in [0, 0.1) is 0 Å². The zero-order valence-corrected chi connectivity index (χ0v) is 14.0. The first-order chi connectivity index (χ1) is 11.2. The van der Waals surface area contributed by atoms with Gasteiger partial charge < -0.3 is 14.8 Å². The maximum absolute atomic E-state index is 5.37. The van der Waals surface area contributed by atoms with Crippen molar-refractivity contribution < 1.29 is 9.47 Å². The molecule has 0 saturated carbocycles. The zero-order valence-electron chi connectivity index (χ0n) is 13.2. The molecule has 0 atom stereocenters. The molecule has 5 nitrogen and oxygen atoms in total. The minimum atomic E-state index is 0.647. The van der Waals surface area contributed by atoms with Gasteiger partial charge in [-0.05, 0) is 30.5 Å². The summed E-state index contributed by atoms with van der Waals surface area (Å²) < 4.78 is 10.7. The molecule has 0 aliphatic carbocycles. The second-order valence-electron chi connectivity index (χ2n) is 4.80. The average molecular weight is 327 g/mol. The van der Waals surface area contributed by atoms with Crippen LogP contribution in [0.1, 0.15) is 0 Å². The third-order valence-corrected chi connectivity index (χ3v) is 4.20. The molecule has 0 fully saturated rings. The van der Waals surface area contributed by atoms with Crippen molar-refractivity contribution in [3.05, 3.63) is 42.7 Å². The molecule has 3 rings (SSSR count). The fourth-order valence-corrected chi connectivity index (χ4v) is 2.78. The highest BCUT2D eigenvalue weighted by Gasteiger charge is 2.11. The summed E-state index contributed by atoms with van der Waals surface area (Å²) in [6.07, 6.45) is 3.59. The van der Waals surface area contributed by atoms with E-state index in [4.69, 9.17) is 9.47 Å². The van der Waals surface area contributed by atoms with Crippen LogP contribution >= 0.6 is 11.8 Å². The lowest BCUT2D eigenvalue weighted by molar-refractivity contribution is 0.356. The maximum atomic E-state index is 5.37. The van der Waals surface area contributed by atoms with Crippen LogP contribution in [0.15, 0.2) is 47.6 Å². The molecule has 1 heterocycles. The van der Waals surface area contributed by atoms with Crippen molar-refractivity contribution in [1.82, 2.24) is 9.97 Å². The molecule has 23 heavy (non-hydrogen) atoms. The molecule has 0 aliphatic heterocycles. The minimum absolute atomic E-state index is 0.647. The summed E-state index contributed by atoms with van der Waals surface area (Å²) in [5.74, 6) is 2.03. The van der Waals surface area contributed by atoms with Crippen molar-refractivity contribution in [2.45, 2.75) is 4.90 Å². The standard InChI is InChI=1S/C17H17N3O2S/c1-21-15-8-13-14(9-16(15)22-2)18-10-19-17(13)20-11-5-4-6-12(7-11)23-3/h4-10H,1-3H3,(H,18,19,20). The summed E-state index contributed by atoms with van der Waals surface area (Å²) in [7, 11) is 3.22. The lowest BCUT2D eigenvalue weighted by Crippen LogP contribution is -1.98. The first-order valence-electron chi connectivity index (χ1n) is 7.03. The molecule has 1 aromatic heterocycles. The van der Waals surface area contributed by atoms with Crippen molar-refractivity contribution in [2.75, 3.05) is 25.8 Å². The van der Waals surface area contributed by atoms with Gasteiger partial charge in [0.1, 0.15) is 12.1 Å². The molecule has 2 aromatic carbocycles. The number of nitrogens with one attached hydrogen (secondary N) is 1. The van der Waals surface area contributed by atoms with E-state index in [0.717, 1.165) is 22.4 Å². The zero-order chi connectivity index (χ0) is 16.2. The van der Waals surface area contributed by atoms with Crippen LogP contribution in [-0.2, 0) is 0 Å². The Labute approximate surface area is 139 Å². The first kappa shape index (κ1) is 15.4. The van der Waals surface area contributed by atoms with Crippen LogP contribution in [0.2, 0.25) is 0 Å². The van der Waals surface area contributed by atoms with Crippen LogP contribution in [0.25, 0.3) is 10.9 Å². The fourth-order valence-electron chi connectivity index (χ4n) is 2.32. The van der Waals surface area contributed by atoms with Crippen molar-refractivity contribution >= 4 is 34.2 Å². The Morgan fingerprint density at radius 3 is 2.52 bits per heavy atom. The molecule has 0 bridgehead atoms. The van der Waals surface area contributed by atoms with E-state index in [1.54, 1.807) is 26.0 Å². The Morgan fingerprint density at radius 1 is 1.00 bits per heavy atom. The van der Waals surface area contributed by atoms with E-state index in [1.165, 1.54) is 11.2 Å². The van der Waals surface area contributed by atoms with Crippen molar-refractivity contribution in [3.63, 3.8) is 0 Å². The van der Waals surface area contributed by atoms with Crippen LogP contribution < -0.4 is 14.8 Å². The normalized spacial score (nSPS) is 10.6. The van der Waals surface area contributed by atoms with Crippen LogP contribution in [0.4, 0.5) is 11.5 Å². The number of anilines is 2. The van der Waals surface area contributed by atoms with Crippen molar-refractivity contribution in [3.8, 4) is 11.5 Å². The van der Waals surface area contributed by atoms with Gasteiger partial charge in [0, 0.05) is 22.0 Å². The molecular formula is C17H17N3O2S. The van der Waals surface area contributed by atoms with E-state index in [0.29, 0.717) is 11.5 Å². The smallest absolute Gasteiger partial charge is 0.162 e. The minimum Gasteiger partial charge on any atom is -0.493 e. The number of nitrogens with zero attached hydrogens (tertiary/aromatic N) is 2. The van der Waals surface area contributed by atoms with E-state index in [1.807, 2.05) is 24.3 Å². The Kier molecular flexibility index (Phi) is 4.52. The highest BCUT2D eigenvalue weighted by atomic mass is 32.2. The summed E-state index contributed by atoms with van der Waals surface area (Å²) in [4.78, 5) is 9.86. The number of benzene rings is 2. The second-order valence-corrected chi connectivity index (χ2v) is 5.68. The maximum Gasteiger partial charge on any atom is 0.162 e. The molecule has 3 aromatic rings. The second kappa shape index (κ2) is 6.75. The summed E-state index contributed by atoms with van der Waals surface area (Å²) in [6.45, 7) is 0. The average Bonchev–Trinajstić information content (AvgIpc) is 2.61. The number of fused-ring (bicyclic) bond motifs is 1. The summed E-state index contributed by atoms with van der Waals surface area (Å²) in [5.41, 5.74) is 1.77. The van der Waals surface area contributed by atoms with Gasteiger partial charge in [-0.15, -0.1) is 11.8 Å². The number of rotatable bonds is 5. The van der Waals surface area contributed by atoms with Gasteiger partial charge in [0.15, 0.2) is 11.5 Å². The Morgan fingerprint density at radius 2 is 1.78 bits per heavy atom. The van der Waals surface area contributed by atoms with E-state index in [2.05, 4.69) is 33.7 Å². The third-order valence-electron chi connectivity index (χ3n) is 3.47. The highest BCUT2D eigenvalue weighted by Crippen LogP contribution is 2.34. The number of aromatic nitrogens is 2. The van der Waals surface area contributed by atoms with Gasteiger partial charge >= 0.3 is 0 Å². The number of thioether (sulfide) groups is 1. The monoisotopic (exact) mass is 327 g/mol. The van der Waals surface area contributed by atoms with E-state index in [9.17, 15) is 0 Å². The van der Waals surface area contributed by atoms with Crippen LogP contribution in [-0.4, -0.2) is 30.4 Å². The highest BCUT2D eigenvalue weighted by molar-refractivity contribution is 7.98. The quantitative estimate of drug-likeness (QED) is 0.712. The molecular weight excluding hydrogens is 310 g/mol. The van der Waals surface area contributed by atoms with E-state index >= 15 is 0 Å². The largest absolute Gasteiger partial charge is 0.493 e. The number of hydrogen-bond donors (Lipinski definition) is 1.